The lowest BCUT2D eigenvalue weighted by Gasteiger charge is -2.29. The van der Waals surface area contributed by atoms with Crippen molar-refractivity contribution < 1.29 is 9.59 Å². The highest BCUT2D eigenvalue weighted by Crippen LogP contribution is 2.48. The number of aromatic nitrogens is 2. The van der Waals surface area contributed by atoms with Crippen molar-refractivity contribution in [3.8, 4) is 33.6 Å². The molecule has 22 aromatic rings. The molecule has 12 heteroatoms. The largest absolute Gasteiger partial charge is 0.311 e. The van der Waals surface area contributed by atoms with E-state index in [9.17, 15) is 9.59 Å². The molecule has 640 valence electrons. The maximum atomic E-state index is 11.6. The summed E-state index contributed by atoms with van der Waals surface area (Å²) < 4.78 is 6.68. The fourth-order valence-corrected chi connectivity index (χ4v) is 18.7. The fraction of sp³-hybridized carbons (Fsp3) is 0. The minimum absolute atomic E-state index is 0.648. The highest BCUT2D eigenvalue weighted by Gasteiger charge is 2.25. The van der Waals surface area contributed by atoms with Crippen molar-refractivity contribution in [2.24, 2.45) is 0 Å². The summed E-state index contributed by atoms with van der Waals surface area (Å²) in [6, 6.07) is 179. The Morgan fingerprint density at radius 2 is 0.343 bits per heavy atom. The van der Waals surface area contributed by atoms with Crippen LogP contribution in [0.3, 0.4) is 0 Å². The van der Waals surface area contributed by atoms with Crippen LogP contribution in [0.2, 0.25) is 0 Å². The molecule has 0 spiro atoms. The highest BCUT2D eigenvalue weighted by molar-refractivity contribution is 9.10. The normalized spacial score (nSPS) is 11.1. The van der Waals surface area contributed by atoms with Crippen LogP contribution in [0.4, 0.5) is 102 Å². The molecule has 0 saturated carbocycles. The van der Waals surface area contributed by atoms with Crippen molar-refractivity contribution in [1.29, 1.82) is 0 Å². The van der Waals surface area contributed by atoms with E-state index in [2.05, 4.69) is 519 Å². The van der Waals surface area contributed by atoms with Crippen molar-refractivity contribution in [3.05, 3.63) is 530 Å². The summed E-state index contributed by atoms with van der Waals surface area (Å²) in [4.78, 5) is 37.0. The quantitative estimate of drug-likeness (QED) is 0.0555. The monoisotopic (exact) mass is 1850 g/mol. The summed E-state index contributed by atoms with van der Waals surface area (Å²) in [7, 11) is 0. The van der Waals surface area contributed by atoms with Gasteiger partial charge in [0.15, 0.2) is 0 Å². The Hall–Kier alpha value is -16.9. The molecule has 134 heavy (non-hydrogen) atoms. The molecular formula is C122H86Br2N8O2. The van der Waals surface area contributed by atoms with E-state index >= 15 is 0 Å². The van der Waals surface area contributed by atoms with Gasteiger partial charge < -0.3 is 38.5 Å². The van der Waals surface area contributed by atoms with Crippen molar-refractivity contribution in [3.63, 3.8) is 0 Å². The zero-order chi connectivity index (χ0) is 90.2. The molecule has 20 aromatic carbocycles. The second kappa shape index (κ2) is 38.0. The van der Waals surface area contributed by atoms with Gasteiger partial charge in [-0.2, -0.15) is 0 Å². The van der Waals surface area contributed by atoms with Crippen LogP contribution in [0.25, 0.3) is 77.2 Å². The number of carbonyl (C=O) groups is 2. The van der Waals surface area contributed by atoms with E-state index in [1.54, 1.807) is 0 Å². The summed E-state index contributed by atoms with van der Waals surface area (Å²) in [5, 5.41) is 4.58. The first-order valence-corrected chi connectivity index (χ1v) is 46.2. The van der Waals surface area contributed by atoms with Crippen LogP contribution in [0, 0.1) is 0 Å². The molecular weight excluding hydrogens is 1770 g/mol. The zero-order valence-electron chi connectivity index (χ0n) is 72.8. The Labute approximate surface area is 795 Å². The van der Waals surface area contributed by atoms with Crippen molar-refractivity contribution in [2.75, 3.05) is 29.4 Å². The molecule has 0 aliphatic carbocycles. The first kappa shape index (κ1) is 84.0. The van der Waals surface area contributed by atoms with Crippen molar-refractivity contribution in [1.82, 2.24) is 9.13 Å². The predicted molar refractivity (Wildman–Crippen MR) is 567 cm³/mol. The number of hydrogen-bond acceptors (Lipinski definition) is 8. The van der Waals surface area contributed by atoms with E-state index in [0.29, 0.717) is 11.1 Å². The average Bonchev–Trinajstić information content (AvgIpc) is 1.60. The lowest BCUT2D eigenvalue weighted by atomic mass is 10.0. The zero-order valence-corrected chi connectivity index (χ0v) is 76.0. The lowest BCUT2D eigenvalue weighted by molar-refractivity contribution is 0.111. The van der Waals surface area contributed by atoms with Crippen LogP contribution in [-0.4, -0.2) is 21.7 Å². The molecule has 0 saturated heterocycles. The molecule has 0 aliphatic rings. The van der Waals surface area contributed by atoms with Gasteiger partial charge in [-0.15, -0.1) is 0 Å². The number of fused-ring (bicyclic) bond motifs is 6. The van der Waals surface area contributed by atoms with E-state index in [4.69, 9.17) is 0 Å². The Kier molecular flexibility index (Phi) is 23.8. The second-order valence-corrected chi connectivity index (χ2v) is 34.6. The maximum absolute atomic E-state index is 11.6. The number of hydrogen-bond donors (Lipinski definition) is 0. The number of anilines is 18. The summed E-state index contributed by atoms with van der Waals surface area (Å²) in [6.07, 6.45) is 1.77. The van der Waals surface area contributed by atoms with Crippen molar-refractivity contribution >= 4 is 190 Å². The third kappa shape index (κ3) is 17.2. The Morgan fingerprint density at radius 1 is 0.164 bits per heavy atom. The average molecular weight is 1860 g/mol. The Bertz CT molecular complexity index is 7370. The van der Waals surface area contributed by atoms with Gasteiger partial charge in [-0.05, 0) is 338 Å². The number of nitrogens with zero attached hydrogens (tertiary/aromatic N) is 8. The Balaban J connectivity index is 0.000000224. The molecule has 2 aromatic heterocycles. The molecule has 0 N–H and O–H groups in total. The van der Waals surface area contributed by atoms with Gasteiger partial charge in [0.2, 0.25) is 0 Å². The smallest absolute Gasteiger partial charge is 0.150 e. The van der Waals surface area contributed by atoms with Crippen LogP contribution < -0.4 is 29.4 Å². The molecule has 0 atom stereocenters. The van der Waals surface area contributed by atoms with Gasteiger partial charge in [0, 0.05) is 155 Å². The lowest BCUT2D eigenvalue weighted by Crippen LogP contribution is -2.12. The number of carbonyl (C=O) groups excluding carboxylic acids is 2. The summed E-state index contributed by atoms with van der Waals surface area (Å²) in [5.41, 5.74) is 31.4. The minimum atomic E-state index is 0.648. The summed E-state index contributed by atoms with van der Waals surface area (Å²) >= 11 is 7.12. The molecule has 0 bridgehead atoms. The van der Waals surface area contributed by atoms with E-state index < -0.39 is 0 Å². The first-order chi connectivity index (χ1) is 66.2. The first-order valence-electron chi connectivity index (χ1n) is 44.6. The summed E-state index contributed by atoms with van der Waals surface area (Å²) in [6.45, 7) is 0. The number of halogens is 2. The number of aldehydes is 2. The molecule has 0 unspecified atom stereocenters. The number of rotatable bonds is 24. The van der Waals surface area contributed by atoms with E-state index in [0.717, 1.165) is 190 Å². The fourth-order valence-electron chi connectivity index (χ4n) is 18.2. The predicted octanol–water partition coefficient (Wildman–Crippen LogP) is 34.9. The molecule has 0 aliphatic heterocycles. The standard InChI is InChI=1S/C86H60N6O2.C36H26Br2N2/c93-59-61-29-37-75(38-30-61)91-83-27-15-13-25-79(83)81-57-77(53-55-85(81)91)89(67-21-9-3-10-22-67)73-49-45-71(46-50-73)87(65-17-5-1-6-18-65)69-41-33-63(34-42-69)64-35-43-70(44-36-64)88(66-19-7-2-8-20-66)72-47-51-74(52-48-72)90(68-23-11-4-12-24-68)78-54-56-86-82(58-78)80-26-14-16-28-84(80)92(86)76-39-31-62(60-94)32-40-76;37-29-15-23-35(24-16-29)39(31-7-3-1-4-8-31)33-19-11-27(12-20-33)28-13-21-34(22-14-28)40(32-9-5-2-6-10-32)36-25-17-30(38)18-26-36/h1-60H;1-26H. The van der Waals surface area contributed by atoms with Gasteiger partial charge in [0.25, 0.3) is 0 Å². The SMILES string of the molecule is Brc1ccc(N(c2ccccc2)c2ccc(-c3ccc(N(c4ccccc4)c4ccc(Br)cc4)cc3)cc2)cc1.O=Cc1ccc(-n2c3ccccc3c3cc(N(c4ccccc4)c4ccc(N(c5ccccc5)c5ccc(-c6ccc(N(c7ccccc7)c7ccc(N(c8ccccc8)c8ccc9c(c8)c8ccccc8n9-c8ccc(C=O)cc8)cc7)cc6)cc5)cc4)ccc32)cc1. The molecule has 10 nitrogen and oxygen atoms in total. The van der Waals surface area contributed by atoms with Crippen LogP contribution in [0.5, 0.6) is 0 Å². The highest BCUT2D eigenvalue weighted by atomic mass is 79.9. The third-order valence-electron chi connectivity index (χ3n) is 24.6. The van der Waals surface area contributed by atoms with Gasteiger partial charge >= 0.3 is 0 Å². The molecule has 0 radical (unpaired) electrons. The van der Waals surface area contributed by atoms with Gasteiger partial charge in [0.05, 0.1) is 22.1 Å². The van der Waals surface area contributed by atoms with E-state index in [1.165, 1.54) is 11.1 Å². The van der Waals surface area contributed by atoms with Crippen molar-refractivity contribution in [2.45, 2.75) is 0 Å². The van der Waals surface area contributed by atoms with E-state index in [-0.39, 0.29) is 0 Å². The molecule has 0 fully saturated rings. The third-order valence-corrected chi connectivity index (χ3v) is 25.6. The minimum Gasteiger partial charge on any atom is -0.311 e. The maximum Gasteiger partial charge on any atom is 0.150 e. The number of benzene rings is 20. The molecule has 22 rings (SSSR count). The van der Waals surface area contributed by atoms with Gasteiger partial charge in [-0.3, -0.25) is 9.59 Å². The van der Waals surface area contributed by atoms with Gasteiger partial charge in [-0.25, -0.2) is 0 Å². The van der Waals surface area contributed by atoms with Gasteiger partial charge in [-0.1, -0.05) is 226 Å². The summed E-state index contributed by atoms with van der Waals surface area (Å²) in [5.74, 6) is 0. The van der Waals surface area contributed by atoms with Crippen LogP contribution in [0.1, 0.15) is 20.7 Å². The second-order valence-electron chi connectivity index (χ2n) is 32.7. The Morgan fingerprint density at radius 3 is 0.575 bits per heavy atom. The number of para-hydroxylation sites is 8. The molecule has 2 heterocycles. The topological polar surface area (TPSA) is 63.4 Å². The molecule has 0 amide bonds. The van der Waals surface area contributed by atoms with Crippen LogP contribution >= 0.6 is 31.9 Å². The van der Waals surface area contributed by atoms with E-state index in [1.807, 2.05) is 60.7 Å². The van der Waals surface area contributed by atoms with Gasteiger partial charge in [0.1, 0.15) is 12.6 Å². The van der Waals surface area contributed by atoms with Crippen LogP contribution in [0.15, 0.2) is 519 Å². The van der Waals surface area contributed by atoms with Crippen LogP contribution in [-0.2, 0) is 0 Å².